The maximum Gasteiger partial charge on any atom is 0.346 e. The van der Waals surface area contributed by atoms with Crippen molar-refractivity contribution in [1.29, 1.82) is 0 Å². The molecule has 0 atom stereocenters. The molecule has 2 rings (SSSR count). The minimum absolute atomic E-state index is 0.427. The lowest BCUT2D eigenvalue weighted by Crippen LogP contribution is -2.15. The van der Waals surface area contributed by atoms with Gasteiger partial charge < -0.3 is 10.4 Å². The highest BCUT2D eigenvalue weighted by atomic mass is 32.1. The van der Waals surface area contributed by atoms with Crippen LogP contribution in [0.15, 0.2) is 35.7 Å². The largest absolute Gasteiger partial charge is 0.477 e. The second-order valence-corrected chi connectivity index (χ2v) is 5.22. The fourth-order valence-electron chi connectivity index (χ4n) is 2.07. The van der Waals surface area contributed by atoms with Crippen LogP contribution in [0.2, 0.25) is 0 Å². The average molecular weight is 275 g/mol. The van der Waals surface area contributed by atoms with Gasteiger partial charge in [-0.15, -0.1) is 11.3 Å². The molecule has 0 radical (unpaired) electrons. The number of rotatable bonds is 6. The molecule has 0 unspecified atom stereocenters. The van der Waals surface area contributed by atoms with Crippen molar-refractivity contribution in [2.45, 2.75) is 26.4 Å². The zero-order valence-corrected chi connectivity index (χ0v) is 11.7. The van der Waals surface area contributed by atoms with Crippen LogP contribution < -0.4 is 5.32 Å². The van der Waals surface area contributed by atoms with Crippen LogP contribution in [0, 0.1) is 0 Å². The first kappa shape index (κ1) is 13.8. The average Bonchev–Trinajstić information content (AvgIpc) is 2.88. The van der Waals surface area contributed by atoms with Crippen molar-refractivity contribution >= 4 is 17.3 Å². The van der Waals surface area contributed by atoms with Crippen LogP contribution in [0.5, 0.6) is 0 Å². The number of carboxylic acids is 1. The van der Waals surface area contributed by atoms with E-state index in [4.69, 9.17) is 5.11 Å². The molecule has 0 spiro atoms. The zero-order chi connectivity index (χ0) is 13.7. The number of nitrogens with one attached hydrogen (secondary N) is 1. The quantitative estimate of drug-likeness (QED) is 0.850. The van der Waals surface area contributed by atoms with E-state index in [2.05, 4.69) is 24.4 Å². The van der Waals surface area contributed by atoms with E-state index in [1.807, 2.05) is 23.6 Å². The molecule has 1 aromatic carbocycles. The van der Waals surface area contributed by atoms with Gasteiger partial charge in [0, 0.05) is 13.1 Å². The van der Waals surface area contributed by atoms with Crippen LogP contribution in [0.3, 0.4) is 0 Å². The topological polar surface area (TPSA) is 49.3 Å². The summed E-state index contributed by atoms with van der Waals surface area (Å²) in [4.78, 5) is 11.4. The lowest BCUT2D eigenvalue weighted by molar-refractivity contribution is 0.0701. The molecular formula is C15H17NO2S. The highest BCUT2D eigenvalue weighted by Crippen LogP contribution is 2.17. The molecule has 100 valence electrons. The summed E-state index contributed by atoms with van der Waals surface area (Å²) in [5, 5.41) is 14.2. The van der Waals surface area contributed by atoms with Gasteiger partial charge >= 0.3 is 5.97 Å². The zero-order valence-electron chi connectivity index (χ0n) is 10.8. The summed E-state index contributed by atoms with van der Waals surface area (Å²) >= 11 is 1.27. The fraction of sp³-hybridized carbons (Fsp3) is 0.267. The van der Waals surface area contributed by atoms with Gasteiger partial charge in [-0.2, -0.15) is 0 Å². The Bertz CT molecular complexity index is 563. The number of hydrogen-bond donors (Lipinski definition) is 2. The molecule has 0 amide bonds. The standard InChI is InChI=1S/C15H17NO2S/c1-2-11-5-3-4-6-12(11)9-16-10-13-7-8-19-14(13)15(17)18/h3-8,16H,2,9-10H2,1H3,(H,17,18). The molecule has 0 saturated heterocycles. The van der Waals surface area contributed by atoms with E-state index in [9.17, 15) is 4.79 Å². The lowest BCUT2D eigenvalue weighted by atomic mass is 10.1. The lowest BCUT2D eigenvalue weighted by Gasteiger charge is -2.09. The summed E-state index contributed by atoms with van der Waals surface area (Å²) in [5.74, 6) is -0.847. The van der Waals surface area contributed by atoms with Crippen molar-refractivity contribution in [2.24, 2.45) is 0 Å². The smallest absolute Gasteiger partial charge is 0.346 e. The molecule has 0 saturated carbocycles. The molecule has 4 heteroatoms. The van der Waals surface area contributed by atoms with Crippen LogP contribution in [0.1, 0.15) is 33.3 Å². The van der Waals surface area contributed by atoms with Gasteiger partial charge in [0.1, 0.15) is 4.88 Å². The summed E-state index contributed by atoms with van der Waals surface area (Å²) in [6, 6.07) is 10.2. The first-order valence-electron chi connectivity index (χ1n) is 6.29. The van der Waals surface area contributed by atoms with Crippen LogP contribution in [-0.4, -0.2) is 11.1 Å². The van der Waals surface area contributed by atoms with E-state index in [0.29, 0.717) is 11.4 Å². The summed E-state index contributed by atoms with van der Waals surface area (Å²) in [7, 11) is 0. The van der Waals surface area contributed by atoms with Crippen molar-refractivity contribution in [3.8, 4) is 0 Å². The van der Waals surface area contributed by atoms with Gasteiger partial charge in [0.2, 0.25) is 0 Å². The normalized spacial score (nSPS) is 10.6. The van der Waals surface area contributed by atoms with E-state index < -0.39 is 5.97 Å². The maximum absolute atomic E-state index is 11.0. The Morgan fingerprint density at radius 1 is 1.16 bits per heavy atom. The predicted molar refractivity (Wildman–Crippen MR) is 77.6 cm³/mol. The van der Waals surface area contributed by atoms with Crippen LogP contribution in [0.25, 0.3) is 0 Å². The predicted octanol–water partition coefficient (Wildman–Crippen LogP) is 3.30. The summed E-state index contributed by atoms with van der Waals surface area (Å²) < 4.78 is 0. The highest BCUT2D eigenvalue weighted by Gasteiger charge is 2.10. The van der Waals surface area contributed by atoms with Crippen molar-refractivity contribution < 1.29 is 9.90 Å². The van der Waals surface area contributed by atoms with E-state index in [-0.39, 0.29) is 0 Å². The SMILES string of the molecule is CCc1ccccc1CNCc1ccsc1C(=O)O. The third kappa shape index (κ3) is 3.43. The number of benzene rings is 1. The summed E-state index contributed by atoms with van der Waals surface area (Å²) in [6.07, 6.45) is 1.01. The Balaban J connectivity index is 1.96. The second kappa shape index (κ2) is 6.50. The van der Waals surface area contributed by atoms with E-state index in [1.54, 1.807) is 0 Å². The molecular weight excluding hydrogens is 258 g/mol. The van der Waals surface area contributed by atoms with Crippen LogP contribution >= 0.6 is 11.3 Å². The minimum atomic E-state index is -0.847. The first-order chi connectivity index (χ1) is 9.22. The Morgan fingerprint density at radius 2 is 1.84 bits per heavy atom. The molecule has 1 aromatic heterocycles. The van der Waals surface area contributed by atoms with Crippen LogP contribution in [0.4, 0.5) is 0 Å². The Labute approximate surface area is 116 Å². The summed E-state index contributed by atoms with van der Waals surface area (Å²) in [5.41, 5.74) is 3.46. The first-order valence-corrected chi connectivity index (χ1v) is 7.17. The molecule has 0 aliphatic carbocycles. The minimum Gasteiger partial charge on any atom is -0.477 e. The van der Waals surface area contributed by atoms with Gasteiger partial charge in [-0.05, 0) is 34.6 Å². The van der Waals surface area contributed by atoms with Gasteiger partial charge in [-0.25, -0.2) is 4.79 Å². The van der Waals surface area contributed by atoms with Gasteiger partial charge in [0.05, 0.1) is 0 Å². The van der Waals surface area contributed by atoms with E-state index in [1.165, 1.54) is 22.5 Å². The van der Waals surface area contributed by atoms with Gasteiger partial charge in [-0.1, -0.05) is 31.2 Å². The molecule has 0 aliphatic rings. The molecule has 3 nitrogen and oxygen atoms in total. The second-order valence-electron chi connectivity index (χ2n) is 4.31. The van der Waals surface area contributed by atoms with Crippen molar-refractivity contribution in [1.82, 2.24) is 5.32 Å². The number of aryl methyl sites for hydroxylation is 1. The van der Waals surface area contributed by atoms with Crippen molar-refractivity contribution in [3.05, 3.63) is 57.3 Å². The van der Waals surface area contributed by atoms with Gasteiger partial charge in [0.15, 0.2) is 0 Å². The van der Waals surface area contributed by atoms with Gasteiger partial charge in [0.25, 0.3) is 0 Å². The number of hydrogen-bond acceptors (Lipinski definition) is 3. The third-order valence-corrected chi connectivity index (χ3v) is 4.02. The molecule has 0 bridgehead atoms. The monoisotopic (exact) mass is 275 g/mol. The number of carbonyl (C=O) groups is 1. The van der Waals surface area contributed by atoms with E-state index in [0.717, 1.165) is 18.5 Å². The molecule has 2 N–H and O–H groups in total. The number of aromatic carboxylic acids is 1. The number of thiophene rings is 1. The number of carboxylic acid groups (broad SMARTS) is 1. The van der Waals surface area contributed by atoms with Crippen molar-refractivity contribution in [2.75, 3.05) is 0 Å². The fourth-order valence-corrected chi connectivity index (χ4v) is 2.83. The van der Waals surface area contributed by atoms with E-state index >= 15 is 0 Å². The Morgan fingerprint density at radius 3 is 2.53 bits per heavy atom. The Kier molecular flexibility index (Phi) is 4.71. The Hall–Kier alpha value is -1.65. The summed E-state index contributed by atoms with van der Waals surface area (Å²) in [6.45, 7) is 3.49. The molecule has 2 aromatic rings. The molecule has 1 heterocycles. The highest BCUT2D eigenvalue weighted by molar-refractivity contribution is 7.12. The van der Waals surface area contributed by atoms with Crippen LogP contribution in [-0.2, 0) is 19.5 Å². The molecule has 0 fully saturated rings. The molecule has 19 heavy (non-hydrogen) atoms. The van der Waals surface area contributed by atoms with Crippen molar-refractivity contribution in [3.63, 3.8) is 0 Å². The van der Waals surface area contributed by atoms with Gasteiger partial charge in [-0.3, -0.25) is 0 Å². The third-order valence-electron chi connectivity index (χ3n) is 3.07. The maximum atomic E-state index is 11.0. The molecule has 0 aliphatic heterocycles.